The molecular weight excluding hydrogens is 396 g/mol. The SMILES string of the molecule is CC(NS(=O)(=O)CCCCCN1CC(=O)NC1=O)c1cnc(N2CCCCC2)[nH]1. The maximum atomic E-state index is 12.4. The second-order valence-electron chi connectivity index (χ2n) is 7.70. The van der Waals surface area contributed by atoms with E-state index in [0.717, 1.165) is 37.6 Å². The van der Waals surface area contributed by atoms with Crippen LogP contribution in [0, 0.1) is 0 Å². The van der Waals surface area contributed by atoms with E-state index in [-0.39, 0.29) is 30.3 Å². The van der Waals surface area contributed by atoms with Crippen molar-refractivity contribution in [3.63, 3.8) is 0 Å². The molecule has 0 saturated carbocycles. The number of rotatable bonds is 10. The first-order valence-electron chi connectivity index (χ1n) is 10.2. The average molecular weight is 427 g/mol. The van der Waals surface area contributed by atoms with Crippen LogP contribution in [0.1, 0.15) is 57.2 Å². The van der Waals surface area contributed by atoms with Crippen molar-refractivity contribution in [2.45, 2.75) is 51.5 Å². The summed E-state index contributed by atoms with van der Waals surface area (Å²) >= 11 is 0. The molecule has 1 atom stereocenters. The molecule has 3 amide bonds. The summed E-state index contributed by atoms with van der Waals surface area (Å²) in [6, 6.07) is -0.757. The Morgan fingerprint density at radius 1 is 1.17 bits per heavy atom. The number of amides is 3. The minimum absolute atomic E-state index is 0.0234. The molecule has 3 N–H and O–H groups in total. The average Bonchev–Trinajstić information content (AvgIpc) is 3.28. The van der Waals surface area contributed by atoms with Gasteiger partial charge in [0, 0.05) is 19.6 Å². The van der Waals surface area contributed by atoms with Crippen LogP contribution in [-0.4, -0.2) is 67.2 Å². The molecule has 2 saturated heterocycles. The van der Waals surface area contributed by atoms with Crippen molar-refractivity contribution in [3.05, 3.63) is 11.9 Å². The van der Waals surface area contributed by atoms with Gasteiger partial charge in [0.15, 0.2) is 0 Å². The molecule has 1 unspecified atom stereocenters. The van der Waals surface area contributed by atoms with E-state index in [1.165, 1.54) is 11.3 Å². The zero-order chi connectivity index (χ0) is 20.9. The number of urea groups is 1. The lowest BCUT2D eigenvalue weighted by Crippen LogP contribution is -2.31. The van der Waals surface area contributed by atoms with Crippen molar-refractivity contribution in [2.75, 3.05) is 36.8 Å². The van der Waals surface area contributed by atoms with E-state index in [1.54, 1.807) is 13.1 Å². The van der Waals surface area contributed by atoms with Gasteiger partial charge in [-0.2, -0.15) is 0 Å². The molecule has 1 aromatic heterocycles. The zero-order valence-electron chi connectivity index (χ0n) is 16.8. The quantitative estimate of drug-likeness (QED) is 0.380. The van der Waals surface area contributed by atoms with Crippen LogP contribution in [0.25, 0.3) is 0 Å². The Morgan fingerprint density at radius 2 is 1.93 bits per heavy atom. The summed E-state index contributed by atoms with van der Waals surface area (Å²) in [6.45, 7) is 4.28. The normalized spacial score (nSPS) is 18.9. The largest absolute Gasteiger partial charge is 0.342 e. The van der Waals surface area contributed by atoms with E-state index in [9.17, 15) is 18.0 Å². The Hall–Kier alpha value is -2.14. The fourth-order valence-electron chi connectivity index (χ4n) is 3.64. The third-order valence-electron chi connectivity index (χ3n) is 5.27. The van der Waals surface area contributed by atoms with Crippen molar-refractivity contribution in [1.82, 2.24) is 24.9 Å². The van der Waals surface area contributed by atoms with Crippen LogP contribution in [0.3, 0.4) is 0 Å². The lowest BCUT2D eigenvalue weighted by molar-refractivity contribution is -0.118. The second kappa shape index (κ2) is 9.57. The maximum Gasteiger partial charge on any atom is 0.324 e. The summed E-state index contributed by atoms with van der Waals surface area (Å²) < 4.78 is 27.4. The van der Waals surface area contributed by atoms with Gasteiger partial charge in [0.05, 0.1) is 23.7 Å². The van der Waals surface area contributed by atoms with E-state index in [4.69, 9.17) is 0 Å². The number of aromatic amines is 1. The van der Waals surface area contributed by atoms with Crippen LogP contribution in [0.15, 0.2) is 6.20 Å². The predicted octanol–water partition coefficient (Wildman–Crippen LogP) is 1.10. The van der Waals surface area contributed by atoms with Gasteiger partial charge in [0.25, 0.3) is 0 Å². The molecule has 3 heterocycles. The number of hydrogen-bond acceptors (Lipinski definition) is 6. The molecular formula is C18H30N6O4S. The molecule has 0 radical (unpaired) electrons. The number of nitrogens with zero attached hydrogens (tertiary/aromatic N) is 3. The zero-order valence-corrected chi connectivity index (χ0v) is 17.6. The van der Waals surface area contributed by atoms with Crippen molar-refractivity contribution < 1.29 is 18.0 Å². The van der Waals surface area contributed by atoms with Crippen LogP contribution < -0.4 is 14.9 Å². The number of piperidine rings is 1. The van der Waals surface area contributed by atoms with Crippen LogP contribution >= 0.6 is 0 Å². The number of sulfonamides is 1. The van der Waals surface area contributed by atoms with Crippen LogP contribution in [0.5, 0.6) is 0 Å². The summed E-state index contributed by atoms with van der Waals surface area (Å²) in [6.07, 6.45) is 7.05. The molecule has 162 valence electrons. The van der Waals surface area contributed by atoms with Crippen molar-refractivity contribution in [3.8, 4) is 0 Å². The summed E-state index contributed by atoms with van der Waals surface area (Å²) in [5, 5.41) is 2.22. The van der Waals surface area contributed by atoms with Gasteiger partial charge in [-0.15, -0.1) is 0 Å². The van der Waals surface area contributed by atoms with Gasteiger partial charge in [-0.1, -0.05) is 6.42 Å². The first kappa shape index (κ1) is 21.6. The van der Waals surface area contributed by atoms with E-state index < -0.39 is 10.0 Å². The van der Waals surface area contributed by atoms with Crippen LogP contribution in [0.2, 0.25) is 0 Å². The highest BCUT2D eigenvalue weighted by atomic mass is 32.2. The number of H-pyrrole nitrogens is 1. The maximum absolute atomic E-state index is 12.4. The number of nitrogens with one attached hydrogen (secondary N) is 3. The summed E-state index contributed by atoms with van der Waals surface area (Å²) in [7, 11) is -3.42. The lowest BCUT2D eigenvalue weighted by atomic mass is 10.1. The molecule has 2 fully saturated rings. The molecule has 1 aromatic rings. The number of hydrogen-bond donors (Lipinski definition) is 3. The van der Waals surface area contributed by atoms with Gasteiger partial charge >= 0.3 is 6.03 Å². The van der Waals surface area contributed by atoms with E-state index in [0.29, 0.717) is 25.8 Å². The molecule has 0 aliphatic carbocycles. The van der Waals surface area contributed by atoms with E-state index >= 15 is 0 Å². The molecule has 0 aromatic carbocycles. The Balaban J connectivity index is 1.39. The number of aromatic nitrogens is 2. The minimum Gasteiger partial charge on any atom is -0.342 e. The minimum atomic E-state index is -3.42. The van der Waals surface area contributed by atoms with Crippen molar-refractivity contribution in [1.29, 1.82) is 0 Å². The van der Waals surface area contributed by atoms with Gasteiger partial charge in [0.1, 0.15) is 6.54 Å². The summed E-state index contributed by atoms with van der Waals surface area (Å²) in [5.41, 5.74) is 0.749. The van der Waals surface area contributed by atoms with E-state index in [2.05, 4.69) is 24.9 Å². The van der Waals surface area contributed by atoms with Gasteiger partial charge in [-0.25, -0.2) is 22.9 Å². The highest BCUT2D eigenvalue weighted by molar-refractivity contribution is 7.89. The number of unbranched alkanes of at least 4 members (excludes halogenated alkanes) is 2. The number of imidazole rings is 1. The Labute approximate surface area is 171 Å². The molecule has 0 spiro atoms. The molecule has 11 heteroatoms. The third-order valence-corrected chi connectivity index (χ3v) is 6.81. The molecule has 0 bridgehead atoms. The highest BCUT2D eigenvalue weighted by Gasteiger charge is 2.26. The number of imide groups is 1. The molecule has 2 aliphatic heterocycles. The van der Waals surface area contributed by atoms with Gasteiger partial charge < -0.3 is 14.8 Å². The standard InChI is InChI=1S/C18H30N6O4S/c1-14(15-12-19-17(20-15)23-8-4-2-5-9-23)22-29(27,28)11-7-3-6-10-24-13-16(25)21-18(24)26/h12,14,22H,2-11,13H2,1H3,(H,19,20)(H,21,25,26). The molecule has 29 heavy (non-hydrogen) atoms. The Bertz CT molecular complexity index is 818. The third kappa shape index (κ3) is 6.17. The van der Waals surface area contributed by atoms with Crippen molar-refractivity contribution in [2.24, 2.45) is 0 Å². The van der Waals surface area contributed by atoms with Crippen LogP contribution in [-0.2, 0) is 14.8 Å². The van der Waals surface area contributed by atoms with Gasteiger partial charge in [-0.3, -0.25) is 10.1 Å². The summed E-state index contributed by atoms with van der Waals surface area (Å²) in [4.78, 5) is 33.8. The topological polar surface area (TPSA) is 128 Å². The lowest BCUT2D eigenvalue weighted by Gasteiger charge is -2.26. The molecule has 10 nitrogen and oxygen atoms in total. The predicted molar refractivity (Wildman–Crippen MR) is 109 cm³/mol. The van der Waals surface area contributed by atoms with Gasteiger partial charge in [0.2, 0.25) is 21.9 Å². The number of carbonyl (C=O) groups is 2. The Morgan fingerprint density at radius 3 is 2.62 bits per heavy atom. The smallest absolute Gasteiger partial charge is 0.324 e. The monoisotopic (exact) mass is 426 g/mol. The Kier molecular flexibility index (Phi) is 7.12. The molecule has 2 aliphatic rings. The first-order valence-corrected chi connectivity index (χ1v) is 11.9. The van der Waals surface area contributed by atoms with Gasteiger partial charge in [-0.05, 0) is 39.0 Å². The van der Waals surface area contributed by atoms with Crippen LogP contribution in [0.4, 0.5) is 10.7 Å². The fourth-order valence-corrected chi connectivity index (χ4v) is 5.01. The van der Waals surface area contributed by atoms with Crippen molar-refractivity contribution >= 4 is 27.9 Å². The summed E-state index contributed by atoms with van der Waals surface area (Å²) in [5.74, 6) is 0.531. The number of anilines is 1. The highest BCUT2D eigenvalue weighted by Crippen LogP contribution is 2.19. The van der Waals surface area contributed by atoms with E-state index in [1.807, 2.05) is 0 Å². The first-order chi connectivity index (χ1) is 13.8. The fraction of sp³-hybridized carbons (Fsp3) is 0.722. The number of carbonyl (C=O) groups excluding carboxylic acids is 2. The second-order valence-corrected chi connectivity index (χ2v) is 9.58. The molecule has 3 rings (SSSR count).